The van der Waals surface area contributed by atoms with Crippen molar-refractivity contribution in [1.82, 2.24) is 10.2 Å². The van der Waals surface area contributed by atoms with Gasteiger partial charge in [-0.1, -0.05) is 41.4 Å². The Labute approximate surface area is 174 Å². The van der Waals surface area contributed by atoms with Gasteiger partial charge in [0.15, 0.2) is 0 Å². The summed E-state index contributed by atoms with van der Waals surface area (Å²) in [6.45, 7) is 0.0268. The fraction of sp³-hybridized carbons (Fsp3) is 0.105. The summed E-state index contributed by atoms with van der Waals surface area (Å²) in [4.78, 5) is 37.8. The predicted molar refractivity (Wildman–Crippen MR) is 108 cm³/mol. The van der Waals surface area contributed by atoms with Gasteiger partial charge >= 0.3 is 0 Å². The molecule has 1 aliphatic heterocycles. The molecule has 5 nitrogen and oxygen atoms in total. The number of carbonyl (C=O) groups excluding carboxylic acids is 3. The van der Waals surface area contributed by atoms with Crippen molar-refractivity contribution in [1.29, 1.82) is 0 Å². The summed E-state index contributed by atoms with van der Waals surface area (Å²) in [6.07, 6.45) is 1.34. The molecule has 0 atom stereocenters. The van der Waals surface area contributed by atoms with Crippen LogP contribution in [0.1, 0.15) is 15.9 Å². The van der Waals surface area contributed by atoms with E-state index in [0.717, 1.165) is 16.7 Å². The molecule has 1 fully saturated rings. The maximum absolute atomic E-state index is 13.7. The van der Waals surface area contributed by atoms with E-state index in [1.54, 1.807) is 6.07 Å². The Bertz CT molecular complexity index is 997. The molecule has 144 valence electrons. The fourth-order valence-corrected chi connectivity index (χ4v) is 3.83. The molecule has 28 heavy (non-hydrogen) atoms. The second kappa shape index (κ2) is 8.77. The van der Waals surface area contributed by atoms with Crippen LogP contribution in [-0.2, 0) is 4.79 Å². The number of rotatable bonds is 5. The van der Waals surface area contributed by atoms with Gasteiger partial charge in [0.05, 0.1) is 15.5 Å². The van der Waals surface area contributed by atoms with Crippen molar-refractivity contribution in [2.75, 3.05) is 13.1 Å². The van der Waals surface area contributed by atoms with E-state index in [2.05, 4.69) is 5.32 Å². The minimum atomic E-state index is -0.531. The maximum atomic E-state index is 13.7. The summed E-state index contributed by atoms with van der Waals surface area (Å²) < 4.78 is 13.7. The molecule has 1 heterocycles. The minimum Gasteiger partial charge on any atom is -0.350 e. The van der Waals surface area contributed by atoms with Gasteiger partial charge < -0.3 is 5.32 Å². The Morgan fingerprint density at radius 2 is 1.93 bits per heavy atom. The second-order valence-corrected chi connectivity index (χ2v) is 7.57. The Kier molecular flexibility index (Phi) is 6.39. The minimum absolute atomic E-state index is 0.0176. The fourth-order valence-electron chi connectivity index (χ4n) is 2.48. The number of nitrogens with zero attached hydrogens (tertiary/aromatic N) is 1. The van der Waals surface area contributed by atoms with Crippen molar-refractivity contribution in [2.24, 2.45) is 0 Å². The van der Waals surface area contributed by atoms with Gasteiger partial charge in [0.2, 0.25) is 0 Å². The van der Waals surface area contributed by atoms with E-state index < -0.39 is 22.9 Å². The zero-order valence-corrected chi connectivity index (χ0v) is 16.6. The molecule has 0 aromatic heterocycles. The lowest BCUT2D eigenvalue weighted by atomic mass is 10.2. The summed E-state index contributed by atoms with van der Waals surface area (Å²) >= 11 is 12.5. The number of hydrogen-bond acceptors (Lipinski definition) is 4. The Hall–Kier alpha value is -2.35. The first-order chi connectivity index (χ1) is 13.4. The van der Waals surface area contributed by atoms with Gasteiger partial charge in [-0.2, -0.15) is 0 Å². The van der Waals surface area contributed by atoms with Gasteiger partial charge in [-0.15, -0.1) is 0 Å². The van der Waals surface area contributed by atoms with E-state index >= 15 is 0 Å². The van der Waals surface area contributed by atoms with Crippen molar-refractivity contribution in [3.8, 4) is 0 Å². The molecule has 0 aliphatic carbocycles. The standard InChI is InChI=1S/C19H13Cl2FN2O3S/c20-12-5-6-13(14(21)10-12)17(25)23-7-8-24-18(26)16(28-19(24)27)9-11-3-1-2-4-15(11)22/h1-6,9-10H,7-8H2,(H,23,25)/b16-9-. The number of halogens is 3. The number of imide groups is 1. The first-order valence-corrected chi connectivity index (χ1v) is 9.67. The van der Waals surface area contributed by atoms with Crippen LogP contribution in [0.5, 0.6) is 0 Å². The molecule has 0 unspecified atom stereocenters. The van der Waals surface area contributed by atoms with Crippen LogP contribution >= 0.6 is 35.0 Å². The number of carbonyl (C=O) groups is 3. The molecule has 3 rings (SSSR count). The topological polar surface area (TPSA) is 66.5 Å². The average Bonchev–Trinajstić information content (AvgIpc) is 2.91. The van der Waals surface area contributed by atoms with E-state index in [9.17, 15) is 18.8 Å². The van der Waals surface area contributed by atoms with Gasteiger partial charge in [-0.05, 0) is 42.1 Å². The molecular weight excluding hydrogens is 426 g/mol. The maximum Gasteiger partial charge on any atom is 0.293 e. The number of amides is 3. The first-order valence-electron chi connectivity index (χ1n) is 8.10. The van der Waals surface area contributed by atoms with Crippen molar-refractivity contribution < 1.29 is 18.8 Å². The van der Waals surface area contributed by atoms with Gasteiger partial charge in [0, 0.05) is 23.7 Å². The van der Waals surface area contributed by atoms with E-state index in [1.807, 2.05) is 0 Å². The number of nitrogens with one attached hydrogen (secondary N) is 1. The highest BCUT2D eigenvalue weighted by molar-refractivity contribution is 8.18. The van der Waals surface area contributed by atoms with Crippen LogP contribution in [-0.4, -0.2) is 35.0 Å². The number of thioether (sulfide) groups is 1. The van der Waals surface area contributed by atoms with Crippen LogP contribution in [0.4, 0.5) is 9.18 Å². The number of benzene rings is 2. The highest BCUT2D eigenvalue weighted by Crippen LogP contribution is 2.32. The van der Waals surface area contributed by atoms with E-state index in [1.165, 1.54) is 42.5 Å². The zero-order chi connectivity index (χ0) is 20.3. The summed E-state index contributed by atoms with van der Waals surface area (Å²) in [7, 11) is 0. The van der Waals surface area contributed by atoms with Gasteiger partial charge in [-0.3, -0.25) is 19.3 Å². The van der Waals surface area contributed by atoms with Gasteiger partial charge in [0.25, 0.3) is 17.1 Å². The van der Waals surface area contributed by atoms with Gasteiger partial charge in [0.1, 0.15) is 5.82 Å². The molecular formula is C19H13Cl2FN2O3S. The summed E-state index contributed by atoms with van der Waals surface area (Å²) in [5.41, 5.74) is 0.457. The Morgan fingerprint density at radius 3 is 2.64 bits per heavy atom. The third-order valence-corrected chi connectivity index (χ3v) is 5.32. The van der Waals surface area contributed by atoms with E-state index in [-0.39, 0.29) is 34.1 Å². The van der Waals surface area contributed by atoms with Crippen LogP contribution in [0.2, 0.25) is 10.0 Å². The molecule has 9 heteroatoms. The average molecular weight is 439 g/mol. The van der Waals surface area contributed by atoms with Crippen molar-refractivity contribution in [3.63, 3.8) is 0 Å². The second-order valence-electron chi connectivity index (χ2n) is 5.73. The molecule has 0 spiro atoms. The highest BCUT2D eigenvalue weighted by Gasteiger charge is 2.34. The smallest absolute Gasteiger partial charge is 0.293 e. The Balaban J connectivity index is 1.62. The lowest BCUT2D eigenvalue weighted by Crippen LogP contribution is -2.37. The summed E-state index contributed by atoms with van der Waals surface area (Å²) in [6, 6.07) is 10.4. The Morgan fingerprint density at radius 1 is 1.18 bits per heavy atom. The molecule has 3 amide bonds. The van der Waals surface area contributed by atoms with Crippen molar-refractivity contribution in [3.05, 3.63) is 74.4 Å². The summed E-state index contributed by atoms with van der Waals surface area (Å²) in [5.74, 6) is -1.46. The normalized spacial score (nSPS) is 15.4. The molecule has 0 bridgehead atoms. The zero-order valence-electron chi connectivity index (χ0n) is 14.2. The number of hydrogen-bond donors (Lipinski definition) is 1. The molecule has 1 aliphatic rings. The van der Waals surface area contributed by atoms with Crippen LogP contribution in [0.25, 0.3) is 6.08 Å². The van der Waals surface area contributed by atoms with Gasteiger partial charge in [-0.25, -0.2) is 4.39 Å². The molecule has 2 aromatic rings. The first kappa shape index (κ1) is 20.4. The lowest BCUT2D eigenvalue weighted by Gasteiger charge is -2.13. The molecule has 1 saturated heterocycles. The van der Waals surface area contributed by atoms with Crippen molar-refractivity contribution in [2.45, 2.75) is 0 Å². The van der Waals surface area contributed by atoms with Crippen LogP contribution < -0.4 is 5.32 Å². The van der Waals surface area contributed by atoms with Crippen LogP contribution in [0.3, 0.4) is 0 Å². The third kappa shape index (κ3) is 4.55. The lowest BCUT2D eigenvalue weighted by molar-refractivity contribution is -0.122. The third-order valence-electron chi connectivity index (χ3n) is 3.86. The SMILES string of the molecule is O=C(NCCN1C(=O)S/C(=C\c2ccccc2F)C1=O)c1ccc(Cl)cc1Cl. The molecule has 2 aromatic carbocycles. The highest BCUT2D eigenvalue weighted by atomic mass is 35.5. The van der Waals surface area contributed by atoms with Crippen LogP contribution in [0.15, 0.2) is 47.4 Å². The van der Waals surface area contributed by atoms with E-state index in [4.69, 9.17) is 23.2 Å². The van der Waals surface area contributed by atoms with E-state index in [0.29, 0.717) is 5.02 Å². The molecule has 0 radical (unpaired) electrons. The quantitative estimate of drug-likeness (QED) is 0.692. The molecule has 0 saturated carbocycles. The largest absolute Gasteiger partial charge is 0.350 e. The predicted octanol–water partition coefficient (Wildman–Crippen LogP) is 4.60. The monoisotopic (exact) mass is 438 g/mol. The van der Waals surface area contributed by atoms with Crippen LogP contribution in [0, 0.1) is 5.82 Å². The molecule has 1 N–H and O–H groups in total. The summed E-state index contributed by atoms with van der Waals surface area (Å²) in [5, 5.41) is 2.72. The van der Waals surface area contributed by atoms with Crippen molar-refractivity contribution >= 4 is 58.1 Å².